The van der Waals surface area contributed by atoms with Crippen molar-refractivity contribution in [3.05, 3.63) is 80.1 Å². The monoisotopic (exact) mass is 405 g/mol. The molecule has 1 aromatic heterocycles. The van der Waals surface area contributed by atoms with Gasteiger partial charge in [-0.1, -0.05) is 23.7 Å². The molecule has 2 N–H and O–H groups in total. The molecular formula is C19H11ClF3N3O2. The van der Waals surface area contributed by atoms with Gasteiger partial charge in [-0.3, -0.25) is 9.56 Å². The molecule has 0 atom stereocenters. The van der Waals surface area contributed by atoms with Crippen LogP contribution in [0.25, 0.3) is 11.6 Å². The van der Waals surface area contributed by atoms with E-state index in [4.69, 9.17) is 11.6 Å². The quantitative estimate of drug-likeness (QED) is 0.683. The highest BCUT2D eigenvalue weighted by Gasteiger charge is 2.20. The molecule has 1 aliphatic rings. The van der Waals surface area contributed by atoms with Crippen molar-refractivity contribution >= 4 is 35.2 Å². The Kier molecular flexibility index (Phi) is 4.35. The summed E-state index contributed by atoms with van der Waals surface area (Å²) in [5.41, 5.74) is 0.696. The summed E-state index contributed by atoms with van der Waals surface area (Å²) >= 11 is 5.74. The van der Waals surface area contributed by atoms with Crippen LogP contribution < -0.4 is 5.69 Å². The lowest BCUT2D eigenvalue weighted by Crippen LogP contribution is -2.17. The molecule has 0 amide bonds. The number of H-pyrrole nitrogens is 1. The lowest BCUT2D eigenvalue weighted by molar-refractivity contribution is 0.420. The average Bonchev–Trinajstić information content (AvgIpc) is 3.18. The molecule has 9 heteroatoms. The first-order valence-electron chi connectivity index (χ1n) is 8.05. The van der Waals surface area contributed by atoms with Crippen molar-refractivity contribution in [3.8, 4) is 5.88 Å². The van der Waals surface area contributed by atoms with Gasteiger partial charge in [0.05, 0.1) is 11.6 Å². The molecule has 0 bridgehead atoms. The highest BCUT2D eigenvalue weighted by Crippen LogP contribution is 2.38. The largest absolute Gasteiger partial charge is 0.493 e. The van der Waals surface area contributed by atoms with Crippen LogP contribution in [0.2, 0.25) is 5.02 Å². The fourth-order valence-electron chi connectivity index (χ4n) is 2.92. The molecule has 0 saturated heterocycles. The van der Waals surface area contributed by atoms with Gasteiger partial charge in [-0.25, -0.2) is 18.0 Å². The molecule has 142 valence electrons. The number of allylic oxidation sites excluding steroid dienone is 1. The Hall–Kier alpha value is -3.26. The maximum atomic E-state index is 14.0. The van der Waals surface area contributed by atoms with Crippen molar-refractivity contribution in [1.82, 2.24) is 9.55 Å². The molecule has 28 heavy (non-hydrogen) atoms. The van der Waals surface area contributed by atoms with Crippen molar-refractivity contribution in [1.29, 1.82) is 0 Å². The van der Waals surface area contributed by atoms with Crippen molar-refractivity contribution in [2.75, 3.05) is 0 Å². The molecule has 5 nitrogen and oxygen atoms in total. The number of aliphatic imine (C=N–C) groups is 1. The minimum Gasteiger partial charge on any atom is -0.493 e. The summed E-state index contributed by atoms with van der Waals surface area (Å²) < 4.78 is 41.4. The molecule has 4 rings (SSSR count). The Morgan fingerprint density at radius 1 is 1.18 bits per heavy atom. The van der Waals surface area contributed by atoms with Crippen LogP contribution in [0.3, 0.4) is 0 Å². The van der Waals surface area contributed by atoms with Crippen molar-refractivity contribution < 1.29 is 18.3 Å². The SMILES string of the molecule is O=c1[nH]c(C=C2C=Nc3c2ccc(Cl)c3F)c(O)n1Cc1ccc(F)c(F)c1. The summed E-state index contributed by atoms with van der Waals surface area (Å²) in [6.45, 7) is -0.170. The van der Waals surface area contributed by atoms with Crippen LogP contribution >= 0.6 is 11.6 Å². The third-order valence-corrected chi connectivity index (χ3v) is 4.61. The first-order valence-corrected chi connectivity index (χ1v) is 8.43. The van der Waals surface area contributed by atoms with Gasteiger partial charge in [0.15, 0.2) is 17.5 Å². The van der Waals surface area contributed by atoms with Crippen LogP contribution in [0, 0.1) is 17.5 Å². The van der Waals surface area contributed by atoms with E-state index in [0.29, 0.717) is 16.7 Å². The molecule has 0 fully saturated rings. The van der Waals surface area contributed by atoms with E-state index in [1.165, 1.54) is 24.4 Å². The highest BCUT2D eigenvalue weighted by molar-refractivity contribution is 6.31. The topological polar surface area (TPSA) is 70.4 Å². The summed E-state index contributed by atoms with van der Waals surface area (Å²) in [5.74, 6) is -3.13. The van der Waals surface area contributed by atoms with Crippen LogP contribution in [0.1, 0.15) is 16.8 Å². The van der Waals surface area contributed by atoms with Crippen molar-refractivity contribution in [2.45, 2.75) is 6.54 Å². The number of aromatic nitrogens is 2. The second kappa shape index (κ2) is 6.72. The first-order chi connectivity index (χ1) is 13.3. The Bertz CT molecular complexity index is 1230. The number of rotatable bonds is 3. The number of halogens is 4. The summed E-state index contributed by atoms with van der Waals surface area (Å²) in [4.78, 5) is 18.6. The first kappa shape index (κ1) is 18.1. The number of aromatic hydroxyl groups is 1. The molecule has 0 radical (unpaired) electrons. The van der Waals surface area contributed by atoms with E-state index >= 15 is 0 Å². The Morgan fingerprint density at radius 2 is 1.96 bits per heavy atom. The summed E-state index contributed by atoms with van der Waals surface area (Å²) in [7, 11) is 0. The minimum absolute atomic E-state index is 0.0638. The third-order valence-electron chi connectivity index (χ3n) is 4.32. The number of nitrogens with one attached hydrogen (secondary N) is 1. The number of imidazole rings is 1. The van der Waals surface area contributed by atoms with E-state index in [2.05, 4.69) is 9.98 Å². The molecule has 3 aromatic rings. The fraction of sp³-hybridized carbons (Fsp3) is 0.0526. The number of benzene rings is 2. The predicted molar refractivity (Wildman–Crippen MR) is 99.6 cm³/mol. The van der Waals surface area contributed by atoms with Gasteiger partial charge in [0, 0.05) is 17.4 Å². The Balaban J connectivity index is 1.71. The van der Waals surface area contributed by atoms with E-state index in [1.54, 1.807) is 6.07 Å². The van der Waals surface area contributed by atoms with Gasteiger partial charge < -0.3 is 10.1 Å². The maximum absolute atomic E-state index is 14.0. The van der Waals surface area contributed by atoms with Gasteiger partial charge in [0.2, 0.25) is 5.88 Å². The molecular weight excluding hydrogens is 395 g/mol. The van der Waals surface area contributed by atoms with Gasteiger partial charge in [0.25, 0.3) is 0 Å². The molecule has 2 heterocycles. The molecule has 0 saturated carbocycles. The van der Waals surface area contributed by atoms with E-state index < -0.39 is 29.0 Å². The van der Waals surface area contributed by atoms with Crippen LogP contribution in [-0.2, 0) is 6.54 Å². The number of aromatic amines is 1. The third kappa shape index (κ3) is 3.01. The van der Waals surface area contributed by atoms with E-state index in [0.717, 1.165) is 16.7 Å². The summed E-state index contributed by atoms with van der Waals surface area (Å²) in [5, 5.41) is 10.3. The van der Waals surface area contributed by atoms with Crippen molar-refractivity contribution in [2.24, 2.45) is 4.99 Å². The Labute approximate surface area is 161 Å². The van der Waals surface area contributed by atoms with Crippen LogP contribution in [-0.4, -0.2) is 20.9 Å². The standard InChI is InChI=1S/C19H11ClF3N3O2/c20-12-3-2-11-10(7-24-17(11)16(12)23)6-15-18(27)26(19(28)25-15)8-9-1-4-13(21)14(22)5-9/h1-7,27H,8H2,(H,25,28). The molecule has 0 spiro atoms. The van der Waals surface area contributed by atoms with Crippen molar-refractivity contribution in [3.63, 3.8) is 0 Å². The predicted octanol–water partition coefficient (Wildman–Crippen LogP) is 4.26. The smallest absolute Gasteiger partial charge is 0.329 e. The van der Waals surface area contributed by atoms with E-state index in [9.17, 15) is 23.1 Å². The van der Waals surface area contributed by atoms with Gasteiger partial charge >= 0.3 is 5.69 Å². The number of hydrogen-bond acceptors (Lipinski definition) is 3. The summed E-state index contributed by atoms with van der Waals surface area (Å²) in [6, 6.07) is 6.15. The van der Waals surface area contributed by atoms with E-state index in [-0.39, 0.29) is 22.9 Å². The lowest BCUT2D eigenvalue weighted by atomic mass is 10.1. The zero-order valence-electron chi connectivity index (χ0n) is 14.0. The molecule has 0 aliphatic carbocycles. The number of fused-ring (bicyclic) bond motifs is 1. The zero-order valence-corrected chi connectivity index (χ0v) is 14.8. The van der Waals surface area contributed by atoms with Crippen LogP contribution in [0.4, 0.5) is 18.9 Å². The van der Waals surface area contributed by atoms with E-state index in [1.807, 2.05) is 0 Å². The van der Waals surface area contributed by atoms with Gasteiger partial charge in [-0.2, -0.15) is 0 Å². The zero-order chi connectivity index (χ0) is 20.0. The normalized spacial score (nSPS) is 14.1. The Morgan fingerprint density at radius 3 is 2.71 bits per heavy atom. The maximum Gasteiger partial charge on any atom is 0.329 e. The number of hydrogen-bond donors (Lipinski definition) is 2. The average molecular weight is 406 g/mol. The number of nitrogens with zero attached hydrogens (tertiary/aromatic N) is 2. The fourth-order valence-corrected chi connectivity index (χ4v) is 3.07. The molecule has 2 aromatic carbocycles. The van der Waals surface area contributed by atoms with Gasteiger partial charge in [-0.05, 0) is 29.8 Å². The highest BCUT2D eigenvalue weighted by atomic mass is 35.5. The van der Waals surface area contributed by atoms with Gasteiger partial charge in [0.1, 0.15) is 11.4 Å². The van der Waals surface area contributed by atoms with Crippen LogP contribution in [0.5, 0.6) is 5.88 Å². The lowest BCUT2D eigenvalue weighted by Gasteiger charge is -2.05. The molecule has 0 unspecified atom stereocenters. The summed E-state index contributed by atoms with van der Waals surface area (Å²) in [6.07, 6.45) is 2.82. The second-order valence-electron chi connectivity index (χ2n) is 6.12. The molecule has 1 aliphatic heterocycles. The second-order valence-corrected chi connectivity index (χ2v) is 6.52. The van der Waals surface area contributed by atoms with Gasteiger partial charge in [-0.15, -0.1) is 0 Å². The minimum atomic E-state index is -1.05. The van der Waals surface area contributed by atoms with Crippen LogP contribution in [0.15, 0.2) is 40.1 Å².